The SMILES string of the molecule is C=CCCCCCC(NCC)c1sccc1CC. The molecule has 1 atom stereocenters. The molecule has 18 heavy (non-hydrogen) atoms. The monoisotopic (exact) mass is 265 g/mol. The van der Waals surface area contributed by atoms with Crippen LogP contribution in [0.15, 0.2) is 24.1 Å². The van der Waals surface area contributed by atoms with E-state index in [1.54, 1.807) is 4.88 Å². The highest BCUT2D eigenvalue weighted by molar-refractivity contribution is 7.10. The molecule has 0 amide bonds. The summed E-state index contributed by atoms with van der Waals surface area (Å²) in [5.74, 6) is 0. The van der Waals surface area contributed by atoms with Crippen molar-refractivity contribution in [2.24, 2.45) is 0 Å². The third-order valence-electron chi connectivity index (χ3n) is 3.33. The number of aryl methyl sites for hydroxylation is 1. The van der Waals surface area contributed by atoms with E-state index in [4.69, 9.17) is 0 Å². The summed E-state index contributed by atoms with van der Waals surface area (Å²) in [4.78, 5) is 1.56. The number of rotatable bonds is 10. The van der Waals surface area contributed by atoms with Crippen LogP contribution in [-0.2, 0) is 6.42 Å². The van der Waals surface area contributed by atoms with Crippen molar-refractivity contribution in [2.45, 2.75) is 58.4 Å². The van der Waals surface area contributed by atoms with Gasteiger partial charge in [0, 0.05) is 10.9 Å². The zero-order valence-corrected chi connectivity index (χ0v) is 12.7. The standard InChI is InChI=1S/C16H27NS/c1-4-7-8-9-10-11-15(17-6-3)16-14(5-2)12-13-18-16/h4,12-13,15,17H,1,5-11H2,2-3H3. The number of allylic oxidation sites excluding steroid dienone is 1. The van der Waals surface area contributed by atoms with Gasteiger partial charge < -0.3 is 5.32 Å². The summed E-state index contributed by atoms with van der Waals surface area (Å²) >= 11 is 1.91. The Kier molecular flexibility index (Phi) is 8.03. The van der Waals surface area contributed by atoms with E-state index in [2.05, 4.69) is 37.2 Å². The second kappa shape index (κ2) is 9.35. The van der Waals surface area contributed by atoms with Crippen LogP contribution in [0.25, 0.3) is 0 Å². The van der Waals surface area contributed by atoms with Gasteiger partial charge in [-0.1, -0.05) is 32.8 Å². The third-order valence-corrected chi connectivity index (χ3v) is 4.40. The van der Waals surface area contributed by atoms with E-state index in [-0.39, 0.29) is 0 Å². The smallest absolute Gasteiger partial charge is 0.0417 e. The molecular weight excluding hydrogens is 238 g/mol. The zero-order chi connectivity index (χ0) is 13.2. The maximum Gasteiger partial charge on any atom is 0.0417 e. The van der Waals surface area contributed by atoms with Gasteiger partial charge in [-0.3, -0.25) is 0 Å². The Balaban J connectivity index is 2.46. The van der Waals surface area contributed by atoms with Crippen LogP contribution in [-0.4, -0.2) is 6.54 Å². The molecule has 1 aromatic heterocycles. The number of thiophene rings is 1. The Morgan fingerprint density at radius 1 is 1.33 bits per heavy atom. The summed E-state index contributed by atoms with van der Waals surface area (Å²) in [7, 11) is 0. The largest absolute Gasteiger partial charge is 0.310 e. The van der Waals surface area contributed by atoms with Gasteiger partial charge in [0.05, 0.1) is 0 Å². The van der Waals surface area contributed by atoms with Crippen LogP contribution in [0.3, 0.4) is 0 Å². The highest BCUT2D eigenvalue weighted by atomic mass is 32.1. The minimum Gasteiger partial charge on any atom is -0.310 e. The van der Waals surface area contributed by atoms with Gasteiger partial charge >= 0.3 is 0 Å². The normalized spacial score (nSPS) is 12.6. The van der Waals surface area contributed by atoms with E-state index >= 15 is 0 Å². The second-order valence-electron chi connectivity index (χ2n) is 4.70. The average Bonchev–Trinajstić information content (AvgIpc) is 2.85. The predicted molar refractivity (Wildman–Crippen MR) is 83.4 cm³/mol. The van der Waals surface area contributed by atoms with Gasteiger partial charge in [-0.25, -0.2) is 0 Å². The van der Waals surface area contributed by atoms with E-state index in [1.807, 2.05) is 17.4 Å². The molecule has 0 fully saturated rings. The van der Waals surface area contributed by atoms with Crippen molar-refractivity contribution >= 4 is 11.3 Å². The van der Waals surface area contributed by atoms with Crippen molar-refractivity contribution in [3.05, 3.63) is 34.5 Å². The quantitative estimate of drug-likeness (QED) is 0.458. The fourth-order valence-corrected chi connectivity index (χ4v) is 3.44. The maximum absolute atomic E-state index is 3.78. The lowest BCUT2D eigenvalue weighted by atomic mass is 10.0. The van der Waals surface area contributed by atoms with Crippen LogP contribution >= 0.6 is 11.3 Å². The summed E-state index contributed by atoms with van der Waals surface area (Å²) in [6, 6.07) is 2.84. The maximum atomic E-state index is 3.78. The van der Waals surface area contributed by atoms with Crippen LogP contribution < -0.4 is 5.32 Å². The number of nitrogens with one attached hydrogen (secondary N) is 1. The summed E-state index contributed by atoms with van der Waals surface area (Å²) in [6.45, 7) is 9.28. The van der Waals surface area contributed by atoms with E-state index in [1.165, 1.54) is 31.2 Å². The first kappa shape index (κ1) is 15.5. The van der Waals surface area contributed by atoms with Crippen LogP contribution in [0.5, 0.6) is 0 Å². The first-order valence-corrected chi connectivity index (χ1v) is 8.11. The molecule has 1 N–H and O–H groups in total. The molecule has 102 valence electrons. The lowest BCUT2D eigenvalue weighted by Crippen LogP contribution is -2.20. The van der Waals surface area contributed by atoms with Crippen molar-refractivity contribution < 1.29 is 0 Å². The molecule has 2 heteroatoms. The molecule has 1 rings (SSSR count). The fourth-order valence-electron chi connectivity index (χ4n) is 2.33. The van der Waals surface area contributed by atoms with E-state index in [9.17, 15) is 0 Å². The van der Waals surface area contributed by atoms with Crippen LogP contribution in [0, 0.1) is 0 Å². The van der Waals surface area contributed by atoms with Crippen molar-refractivity contribution in [3.63, 3.8) is 0 Å². The van der Waals surface area contributed by atoms with Crippen LogP contribution in [0.2, 0.25) is 0 Å². The Labute approximate surface area is 116 Å². The molecule has 1 unspecified atom stereocenters. The lowest BCUT2D eigenvalue weighted by Gasteiger charge is -2.18. The van der Waals surface area contributed by atoms with Gasteiger partial charge in [0.1, 0.15) is 0 Å². The molecular formula is C16H27NS. The van der Waals surface area contributed by atoms with Crippen molar-refractivity contribution in [1.82, 2.24) is 5.32 Å². The Hall–Kier alpha value is -0.600. The minimum absolute atomic E-state index is 0.564. The molecule has 0 aliphatic rings. The molecule has 1 nitrogen and oxygen atoms in total. The minimum atomic E-state index is 0.564. The molecule has 0 aliphatic heterocycles. The zero-order valence-electron chi connectivity index (χ0n) is 11.9. The van der Waals surface area contributed by atoms with Crippen LogP contribution in [0.1, 0.15) is 62.4 Å². The summed E-state index contributed by atoms with van der Waals surface area (Å²) in [5.41, 5.74) is 1.53. The van der Waals surface area contributed by atoms with E-state index in [0.717, 1.165) is 19.4 Å². The second-order valence-corrected chi connectivity index (χ2v) is 5.65. The molecule has 0 aromatic carbocycles. The first-order chi connectivity index (χ1) is 8.83. The van der Waals surface area contributed by atoms with E-state index < -0.39 is 0 Å². The molecule has 0 saturated carbocycles. The average molecular weight is 265 g/mol. The highest BCUT2D eigenvalue weighted by Gasteiger charge is 2.14. The van der Waals surface area contributed by atoms with Crippen molar-refractivity contribution in [3.8, 4) is 0 Å². The predicted octanol–water partition coefficient (Wildman–Crippen LogP) is 5.10. The Bertz CT molecular complexity index is 330. The van der Waals surface area contributed by atoms with Gasteiger partial charge in [-0.15, -0.1) is 17.9 Å². The molecule has 0 aliphatic carbocycles. The van der Waals surface area contributed by atoms with Gasteiger partial charge in [0.15, 0.2) is 0 Å². The third kappa shape index (κ3) is 4.95. The number of unbranched alkanes of at least 4 members (excludes halogenated alkanes) is 3. The topological polar surface area (TPSA) is 12.0 Å². The summed E-state index contributed by atoms with van der Waals surface area (Å²) < 4.78 is 0. The lowest BCUT2D eigenvalue weighted by molar-refractivity contribution is 0.487. The number of hydrogen-bond donors (Lipinski definition) is 1. The summed E-state index contributed by atoms with van der Waals surface area (Å²) in [5, 5.41) is 5.87. The van der Waals surface area contributed by atoms with Crippen molar-refractivity contribution in [2.75, 3.05) is 6.54 Å². The molecule has 0 radical (unpaired) electrons. The van der Waals surface area contributed by atoms with Crippen LogP contribution in [0.4, 0.5) is 0 Å². The molecule has 1 aromatic rings. The molecule has 0 saturated heterocycles. The summed E-state index contributed by atoms with van der Waals surface area (Å²) in [6.07, 6.45) is 9.51. The van der Waals surface area contributed by atoms with E-state index in [0.29, 0.717) is 6.04 Å². The molecule has 1 heterocycles. The fraction of sp³-hybridized carbons (Fsp3) is 0.625. The number of hydrogen-bond acceptors (Lipinski definition) is 2. The Morgan fingerprint density at radius 2 is 2.17 bits per heavy atom. The van der Waals surface area contributed by atoms with Gasteiger partial charge in [-0.05, 0) is 49.2 Å². The molecule has 0 bridgehead atoms. The van der Waals surface area contributed by atoms with Crippen molar-refractivity contribution in [1.29, 1.82) is 0 Å². The van der Waals surface area contributed by atoms with Gasteiger partial charge in [0.2, 0.25) is 0 Å². The van der Waals surface area contributed by atoms with Gasteiger partial charge in [-0.2, -0.15) is 0 Å². The van der Waals surface area contributed by atoms with Gasteiger partial charge in [0.25, 0.3) is 0 Å². The highest BCUT2D eigenvalue weighted by Crippen LogP contribution is 2.28. The Morgan fingerprint density at radius 3 is 2.83 bits per heavy atom. The molecule has 0 spiro atoms. The first-order valence-electron chi connectivity index (χ1n) is 7.24.